The number of hydrogen-bond donors (Lipinski definition) is 5. The zero-order chi connectivity index (χ0) is 19.1. The molecule has 2 aromatic rings. The van der Waals surface area contributed by atoms with Gasteiger partial charge in [-0.15, -0.1) is 0 Å². The zero-order valence-corrected chi connectivity index (χ0v) is 15.0. The summed E-state index contributed by atoms with van der Waals surface area (Å²) in [4.78, 5) is 34.9. The van der Waals surface area contributed by atoms with Crippen molar-refractivity contribution in [1.29, 1.82) is 0 Å². The summed E-state index contributed by atoms with van der Waals surface area (Å²) in [6.07, 6.45) is 0.208. The van der Waals surface area contributed by atoms with Crippen LogP contribution in [0.2, 0.25) is 0 Å². The largest absolute Gasteiger partial charge is 0.390 e. The Morgan fingerprint density at radius 1 is 1.35 bits per heavy atom. The first-order valence-electron chi connectivity index (χ1n) is 7.34. The van der Waals surface area contributed by atoms with Crippen molar-refractivity contribution in [2.24, 2.45) is 0 Å². The van der Waals surface area contributed by atoms with E-state index in [9.17, 15) is 19.1 Å². The van der Waals surface area contributed by atoms with Crippen molar-refractivity contribution in [2.75, 3.05) is 18.2 Å². The van der Waals surface area contributed by atoms with Crippen LogP contribution in [0.1, 0.15) is 18.2 Å². The van der Waals surface area contributed by atoms with Crippen molar-refractivity contribution in [3.05, 3.63) is 18.2 Å². The predicted molar refractivity (Wildman–Crippen MR) is 86.1 cm³/mol. The van der Waals surface area contributed by atoms with Gasteiger partial charge in [-0.3, -0.25) is 9.13 Å². The summed E-state index contributed by atoms with van der Waals surface area (Å²) in [5, 5.41) is 14.1. The van der Waals surface area contributed by atoms with E-state index in [2.05, 4.69) is 15.1 Å². The lowest BCUT2D eigenvalue weighted by molar-refractivity contribution is -0.0198. The van der Waals surface area contributed by atoms with Gasteiger partial charge in [-0.1, -0.05) is 0 Å². The molecule has 15 heteroatoms. The van der Waals surface area contributed by atoms with Crippen LogP contribution in [-0.4, -0.2) is 64.1 Å². The molecule has 1 fully saturated rings. The molecule has 0 amide bonds. The number of nitrogen functional groups attached to an aromatic ring is 1. The Labute approximate surface area is 146 Å². The van der Waals surface area contributed by atoms with Gasteiger partial charge in [-0.05, 0) is 0 Å². The fraction of sp³-hybridized carbons (Fsp3) is 0.545. The standard InChI is InChI=1S/C11H17N5O8P2/c12-10-11-13-2-6(16(11)15-4-14-10)8-1-7(17)9(24-8)3-23-26(21,22)5-25(18,19)20/h2,4,7-9,17H,1,3,5H2,(H,21,22)(H2,12,14,15)(H2,18,19,20)/t7-,8+,9+/m0/s1. The molecule has 3 rings (SSSR count). The Bertz CT molecular complexity index is 900. The van der Waals surface area contributed by atoms with Crippen molar-refractivity contribution in [2.45, 2.75) is 24.7 Å². The lowest BCUT2D eigenvalue weighted by Crippen LogP contribution is -2.26. The van der Waals surface area contributed by atoms with Crippen LogP contribution in [0.15, 0.2) is 12.5 Å². The Kier molecular flexibility index (Phi) is 5.17. The molecule has 1 unspecified atom stereocenters. The third-order valence-electron chi connectivity index (χ3n) is 3.71. The zero-order valence-electron chi connectivity index (χ0n) is 13.2. The van der Waals surface area contributed by atoms with Crippen molar-refractivity contribution in [3.8, 4) is 0 Å². The second-order valence-electron chi connectivity index (χ2n) is 5.77. The SMILES string of the molecule is Nc1ncnn2c([C@H]3C[C@H](O)[C@@H](COP(=O)(O)CP(=O)(O)O)O3)cnc12. The van der Waals surface area contributed by atoms with E-state index in [0.29, 0.717) is 11.3 Å². The van der Waals surface area contributed by atoms with E-state index in [1.54, 1.807) is 0 Å². The number of fused-ring (bicyclic) bond motifs is 1. The lowest BCUT2D eigenvalue weighted by atomic mass is 10.1. The minimum absolute atomic E-state index is 0.139. The molecule has 1 saturated heterocycles. The van der Waals surface area contributed by atoms with Crippen LogP contribution >= 0.6 is 15.2 Å². The molecule has 144 valence electrons. The number of rotatable bonds is 6. The van der Waals surface area contributed by atoms with E-state index in [1.165, 1.54) is 17.0 Å². The smallest absolute Gasteiger partial charge is 0.340 e. The summed E-state index contributed by atoms with van der Waals surface area (Å²) in [6.45, 7) is -0.515. The molecular formula is C11H17N5O8P2. The highest BCUT2D eigenvalue weighted by Crippen LogP contribution is 2.55. The monoisotopic (exact) mass is 409 g/mol. The number of nitrogens with zero attached hydrogens (tertiary/aromatic N) is 4. The number of aliphatic hydroxyl groups excluding tert-OH is 1. The van der Waals surface area contributed by atoms with Gasteiger partial charge in [0, 0.05) is 6.42 Å². The summed E-state index contributed by atoms with van der Waals surface area (Å²) in [6, 6.07) is 0. The summed E-state index contributed by atoms with van der Waals surface area (Å²) < 4.78 is 34.2. The summed E-state index contributed by atoms with van der Waals surface area (Å²) in [5.74, 6) is -1.14. The van der Waals surface area contributed by atoms with Gasteiger partial charge in [0.15, 0.2) is 17.4 Å². The van der Waals surface area contributed by atoms with Crippen molar-refractivity contribution < 1.29 is 38.2 Å². The molecule has 26 heavy (non-hydrogen) atoms. The number of aliphatic hydroxyl groups is 1. The predicted octanol–water partition coefficient (Wildman–Crippen LogP) is -0.765. The van der Waals surface area contributed by atoms with E-state index >= 15 is 0 Å². The number of imidazole rings is 1. The average molecular weight is 409 g/mol. The van der Waals surface area contributed by atoms with Gasteiger partial charge in [0.05, 0.1) is 24.6 Å². The molecule has 6 N–H and O–H groups in total. The molecule has 0 radical (unpaired) electrons. The molecular weight excluding hydrogens is 392 g/mol. The maximum atomic E-state index is 11.7. The van der Waals surface area contributed by atoms with Crippen LogP contribution < -0.4 is 5.73 Å². The van der Waals surface area contributed by atoms with Gasteiger partial charge in [0.2, 0.25) is 0 Å². The first kappa shape index (κ1) is 19.3. The van der Waals surface area contributed by atoms with Crippen molar-refractivity contribution >= 4 is 26.7 Å². The second-order valence-corrected chi connectivity index (χ2v) is 9.76. The second kappa shape index (κ2) is 6.95. The van der Waals surface area contributed by atoms with Gasteiger partial charge < -0.3 is 34.8 Å². The topological polar surface area (TPSA) is 203 Å². The number of ether oxygens (including phenoxy) is 1. The third kappa shape index (κ3) is 4.27. The first-order valence-corrected chi connectivity index (χ1v) is 10.9. The van der Waals surface area contributed by atoms with Crippen molar-refractivity contribution in [1.82, 2.24) is 19.6 Å². The van der Waals surface area contributed by atoms with Crippen LogP contribution in [0.3, 0.4) is 0 Å². The number of aromatic nitrogens is 4. The van der Waals surface area contributed by atoms with Gasteiger partial charge in [0.25, 0.3) is 0 Å². The molecule has 0 bridgehead atoms. The molecule has 0 aliphatic carbocycles. The number of nitrogens with two attached hydrogens (primary N) is 1. The fourth-order valence-electron chi connectivity index (χ4n) is 2.60. The summed E-state index contributed by atoms with van der Waals surface area (Å²) in [7, 11) is -9.25. The highest BCUT2D eigenvalue weighted by Gasteiger charge is 2.39. The highest BCUT2D eigenvalue weighted by molar-refractivity contribution is 7.70. The molecule has 0 spiro atoms. The molecule has 0 aromatic carbocycles. The van der Waals surface area contributed by atoms with E-state index in [4.69, 9.17) is 24.8 Å². The molecule has 13 nitrogen and oxygen atoms in total. The van der Waals surface area contributed by atoms with E-state index in [0.717, 1.165) is 0 Å². The average Bonchev–Trinajstić information content (AvgIpc) is 3.07. The molecule has 1 aliphatic heterocycles. The van der Waals surface area contributed by atoms with Gasteiger partial charge in [-0.25, -0.2) is 14.5 Å². The molecule has 3 heterocycles. The van der Waals surface area contributed by atoms with Crippen LogP contribution in [-0.2, 0) is 18.4 Å². The van der Waals surface area contributed by atoms with E-state index in [1.807, 2.05) is 0 Å². The Morgan fingerprint density at radius 3 is 2.77 bits per heavy atom. The van der Waals surface area contributed by atoms with Crippen LogP contribution in [0.25, 0.3) is 5.65 Å². The minimum atomic E-state index is -4.73. The number of hydrogen-bond acceptors (Lipinski definition) is 9. The number of anilines is 1. The normalized spacial score (nSPS) is 26.2. The minimum Gasteiger partial charge on any atom is -0.390 e. The lowest BCUT2D eigenvalue weighted by Gasteiger charge is -2.18. The van der Waals surface area contributed by atoms with Crippen LogP contribution in [0, 0.1) is 0 Å². The van der Waals surface area contributed by atoms with Crippen LogP contribution in [0.4, 0.5) is 5.82 Å². The Hall–Kier alpha value is -1.43. The van der Waals surface area contributed by atoms with E-state index < -0.39 is 46.0 Å². The fourth-order valence-corrected chi connectivity index (χ4v) is 5.17. The maximum Gasteiger partial charge on any atom is 0.340 e. The third-order valence-corrected chi connectivity index (χ3v) is 7.17. The Morgan fingerprint density at radius 2 is 2.08 bits per heavy atom. The molecule has 1 aliphatic rings. The summed E-state index contributed by atoms with van der Waals surface area (Å²) in [5.41, 5.74) is 6.52. The highest BCUT2D eigenvalue weighted by atomic mass is 31.2. The van der Waals surface area contributed by atoms with Gasteiger partial charge in [-0.2, -0.15) is 5.10 Å². The molecule has 0 saturated carbocycles. The van der Waals surface area contributed by atoms with E-state index in [-0.39, 0.29) is 12.2 Å². The van der Waals surface area contributed by atoms with Gasteiger partial charge in [0.1, 0.15) is 18.5 Å². The van der Waals surface area contributed by atoms with Gasteiger partial charge >= 0.3 is 15.2 Å². The molecule has 4 atom stereocenters. The first-order chi connectivity index (χ1) is 12.1. The maximum absolute atomic E-state index is 11.7. The van der Waals surface area contributed by atoms with Crippen molar-refractivity contribution in [3.63, 3.8) is 0 Å². The quantitative estimate of drug-likeness (QED) is 0.373. The summed E-state index contributed by atoms with van der Waals surface area (Å²) >= 11 is 0. The molecule has 2 aromatic heterocycles. The Balaban J connectivity index is 1.69. The van der Waals surface area contributed by atoms with Crippen LogP contribution in [0.5, 0.6) is 0 Å².